The molecule has 0 atom stereocenters. The third-order valence-electron chi connectivity index (χ3n) is 3.25. The number of nitriles is 1. The highest BCUT2D eigenvalue weighted by atomic mass is 19.1. The molecule has 0 saturated heterocycles. The van der Waals surface area contributed by atoms with E-state index in [0.717, 1.165) is 22.5 Å². The highest BCUT2D eigenvalue weighted by molar-refractivity contribution is 5.64. The van der Waals surface area contributed by atoms with Gasteiger partial charge in [0, 0.05) is 18.2 Å². The molecule has 102 valence electrons. The van der Waals surface area contributed by atoms with E-state index >= 15 is 0 Å². The summed E-state index contributed by atoms with van der Waals surface area (Å²) < 4.78 is 15.1. The summed E-state index contributed by atoms with van der Waals surface area (Å²) in [5.74, 6) is -0.258. The summed E-state index contributed by atoms with van der Waals surface area (Å²) in [5, 5.41) is 13.1. The van der Waals surface area contributed by atoms with Crippen LogP contribution in [0.15, 0.2) is 36.4 Å². The Labute approximate surface area is 118 Å². The molecule has 1 aromatic carbocycles. The fourth-order valence-corrected chi connectivity index (χ4v) is 2.11. The van der Waals surface area contributed by atoms with Gasteiger partial charge in [0.15, 0.2) is 0 Å². The van der Waals surface area contributed by atoms with Crippen molar-refractivity contribution < 1.29 is 4.39 Å². The van der Waals surface area contributed by atoms with E-state index in [9.17, 15) is 4.39 Å². The first-order valence-electron chi connectivity index (χ1n) is 6.38. The Balaban J connectivity index is 2.30. The summed E-state index contributed by atoms with van der Waals surface area (Å²) in [6, 6.07) is 8.69. The maximum atomic E-state index is 13.4. The van der Waals surface area contributed by atoms with E-state index in [1.807, 2.05) is 26.1 Å². The third-order valence-corrected chi connectivity index (χ3v) is 3.25. The molecule has 0 aliphatic carbocycles. The van der Waals surface area contributed by atoms with Gasteiger partial charge in [0.05, 0.1) is 17.5 Å². The maximum Gasteiger partial charge on any atom is 0.123 e. The molecule has 3 nitrogen and oxygen atoms in total. The smallest absolute Gasteiger partial charge is 0.123 e. The average Bonchev–Trinajstić information content (AvgIpc) is 2.80. The van der Waals surface area contributed by atoms with Gasteiger partial charge in [0.2, 0.25) is 0 Å². The van der Waals surface area contributed by atoms with Gasteiger partial charge in [-0.25, -0.2) is 4.39 Å². The van der Waals surface area contributed by atoms with E-state index in [1.54, 1.807) is 10.7 Å². The Kier molecular flexibility index (Phi) is 3.99. The summed E-state index contributed by atoms with van der Waals surface area (Å²) in [4.78, 5) is 0. The number of allylic oxidation sites excluding steroid dienone is 1. The lowest BCUT2D eigenvalue weighted by atomic mass is 10.0. The predicted octanol–water partition coefficient (Wildman–Crippen LogP) is 3.55. The largest absolute Gasteiger partial charge is 0.268 e. The highest BCUT2D eigenvalue weighted by Crippen LogP contribution is 2.25. The van der Waals surface area contributed by atoms with Crippen LogP contribution in [0.2, 0.25) is 0 Å². The quantitative estimate of drug-likeness (QED) is 0.796. The minimum atomic E-state index is -0.258. The van der Waals surface area contributed by atoms with Crippen LogP contribution in [0.3, 0.4) is 0 Å². The van der Waals surface area contributed by atoms with Crippen molar-refractivity contribution in [1.82, 2.24) is 9.78 Å². The van der Waals surface area contributed by atoms with Gasteiger partial charge in [-0.2, -0.15) is 10.4 Å². The summed E-state index contributed by atoms with van der Waals surface area (Å²) in [6.45, 7) is 5.60. The average molecular weight is 269 g/mol. The molecule has 0 fully saturated rings. The van der Waals surface area contributed by atoms with Crippen molar-refractivity contribution >= 4 is 0 Å². The fourth-order valence-electron chi connectivity index (χ4n) is 2.11. The van der Waals surface area contributed by atoms with Gasteiger partial charge >= 0.3 is 0 Å². The number of hydrogen-bond donors (Lipinski definition) is 0. The van der Waals surface area contributed by atoms with Crippen LogP contribution in [0.1, 0.15) is 17.7 Å². The number of rotatable bonds is 4. The molecule has 0 radical (unpaired) electrons. The second-order valence-electron chi connectivity index (χ2n) is 4.82. The van der Waals surface area contributed by atoms with E-state index < -0.39 is 0 Å². The molecule has 1 heterocycles. The van der Waals surface area contributed by atoms with Crippen LogP contribution in [0, 0.1) is 24.1 Å². The van der Waals surface area contributed by atoms with E-state index in [2.05, 4.69) is 11.7 Å². The Morgan fingerprint density at radius 3 is 2.90 bits per heavy atom. The van der Waals surface area contributed by atoms with Crippen molar-refractivity contribution in [3.8, 4) is 17.3 Å². The van der Waals surface area contributed by atoms with Gasteiger partial charge in [-0.05, 0) is 43.5 Å². The van der Waals surface area contributed by atoms with Gasteiger partial charge in [0.1, 0.15) is 5.82 Å². The van der Waals surface area contributed by atoms with Crippen LogP contribution >= 0.6 is 0 Å². The van der Waals surface area contributed by atoms with Gasteiger partial charge in [0.25, 0.3) is 0 Å². The van der Waals surface area contributed by atoms with Crippen LogP contribution in [-0.4, -0.2) is 9.78 Å². The topological polar surface area (TPSA) is 41.6 Å². The van der Waals surface area contributed by atoms with Crippen molar-refractivity contribution in [2.45, 2.75) is 19.8 Å². The number of nitrogens with zero attached hydrogens (tertiary/aromatic N) is 3. The summed E-state index contributed by atoms with van der Waals surface area (Å²) in [5.41, 5.74) is 4.13. The van der Waals surface area contributed by atoms with Crippen molar-refractivity contribution in [3.63, 3.8) is 0 Å². The number of halogens is 1. The number of hydrogen-bond acceptors (Lipinski definition) is 2. The molecule has 0 aliphatic rings. The molecule has 4 heteroatoms. The molecule has 0 unspecified atom stereocenters. The minimum absolute atomic E-state index is 0.258. The van der Waals surface area contributed by atoms with Gasteiger partial charge in [-0.15, -0.1) is 0 Å². The van der Waals surface area contributed by atoms with Crippen LogP contribution < -0.4 is 0 Å². The highest BCUT2D eigenvalue weighted by Gasteiger charge is 2.11. The molecular weight excluding hydrogens is 253 g/mol. The van der Waals surface area contributed by atoms with Gasteiger partial charge in [-0.1, -0.05) is 12.6 Å². The number of benzene rings is 1. The second-order valence-corrected chi connectivity index (χ2v) is 4.82. The molecule has 2 rings (SSSR count). The van der Waals surface area contributed by atoms with E-state index in [-0.39, 0.29) is 5.82 Å². The van der Waals surface area contributed by atoms with Crippen molar-refractivity contribution in [2.24, 2.45) is 7.05 Å². The third kappa shape index (κ3) is 2.94. The van der Waals surface area contributed by atoms with E-state index in [4.69, 9.17) is 5.26 Å². The fraction of sp³-hybridized carbons (Fsp3) is 0.250. The molecule has 2 aromatic rings. The Bertz CT molecular complexity index is 692. The van der Waals surface area contributed by atoms with Crippen LogP contribution in [0.5, 0.6) is 0 Å². The molecule has 1 aromatic heterocycles. The maximum absolute atomic E-state index is 13.4. The molecule has 0 aliphatic heterocycles. The number of aromatic nitrogens is 2. The molecule has 20 heavy (non-hydrogen) atoms. The van der Waals surface area contributed by atoms with Crippen LogP contribution in [-0.2, 0) is 13.5 Å². The lowest BCUT2D eigenvalue weighted by Crippen LogP contribution is -1.96. The molecule has 0 bridgehead atoms. The van der Waals surface area contributed by atoms with E-state index in [0.29, 0.717) is 18.4 Å². The zero-order valence-electron chi connectivity index (χ0n) is 11.7. The van der Waals surface area contributed by atoms with Crippen LogP contribution in [0.25, 0.3) is 11.3 Å². The lowest BCUT2D eigenvalue weighted by Gasteiger charge is -2.05. The summed E-state index contributed by atoms with van der Waals surface area (Å²) in [7, 11) is 1.84. The first-order valence-corrected chi connectivity index (χ1v) is 6.38. The van der Waals surface area contributed by atoms with Gasteiger partial charge in [-0.3, -0.25) is 4.68 Å². The SMILES string of the molecule is C=C(C#N)CCc1cc(-c2cc(F)ccc2C)n(C)n1. The van der Waals surface area contributed by atoms with Crippen molar-refractivity contribution in [1.29, 1.82) is 5.26 Å². The minimum Gasteiger partial charge on any atom is -0.268 e. The second kappa shape index (κ2) is 5.70. The molecule has 0 saturated carbocycles. The summed E-state index contributed by atoms with van der Waals surface area (Å²) in [6.07, 6.45) is 1.25. The normalized spacial score (nSPS) is 10.3. The Hall–Kier alpha value is -2.41. The monoisotopic (exact) mass is 269 g/mol. The standard InChI is InChI=1S/C16H16FN3/c1-11(10-18)4-7-14-9-16(20(3)19-14)15-8-13(17)6-5-12(15)2/h5-6,8-9H,1,4,7H2,2-3H3. The zero-order chi connectivity index (χ0) is 14.7. The Morgan fingerprint density at radius 2 is 2.20 bits per heavy atom. The molecule has 0 spiro atoms. The first-order chi connectivity index (χ1) is 9.51. The lowest BCUT2D eigenvalue weighted by molar-refractivity contribution is 0.627. The van der Waals surface area contributed by atoms with Gasteiger partial charge < -0.3 is 0 Å². The first kappa shape index (κ1) is 14.0. The van der Waals surface area contributed by atoms with Crippen molar-refractivity contribution in [3.05, 3.63) is 53.5 Å². The zero-order valence-corrected chi connectivity index (χ0v) is 11.7. The predicted molar refractivity (Wildman–Crippen MR) is 76.4 cm³/mol. The van der Waals surface area contributed by atoms with Crippen molar-refractivity contribution in [2.75, 3.05) is 0 Å². The van der Waals surface area contributed by atoms with E-state index in [1.165, 1.54) is 12.1 Å². The molecule has 0 N–H and O–H groups in total. The molecular formula is C16H16FN3. The van der Waals surface area contributed by atoms with Crippen LogP contribution in [0.4, 0.5) is 4.39 Å². The molecule has 0 amide bonds. The summed E-state index contributed by atoms with van der Waals surface area (Å²) >= 11 is 0. The Morgan fingerprint density at radius 1 is 1.45 bits per heavy atom. The number of aryl methyl sites for hydroxylation is 3.